The summed E-state index contributed by atoms with van der Waals surface area (Å²) in [6.45, 7) is 9.44. The molecule has 0 spiro atoms. The van der Waals surface area contributed by atoms with Gasteiger partial charge >= 0.3 is 5.97 Å². The Morgan fingerprint density at radius 3 is 2.34 bits per heavy atom. The number of carbonyl (C=O) groups is 3. The molecule has 2 aromatic carbocycles. The van der Waals surface area contributed by atoms with Crippen molar-refractivity contribution >= 4 is 34.9 Å². The van der Waals surface area contributed by atoms with Gasteiger partial charge in [-0.15, -0.1) is 0 Å². The van der Waals surface area contributed by atoms with Crippen molar-refractivity contribution in [1.82, 2.24) is 10.2 Å². The third-order valence-electron chi connectivity index (χ3n) is 8.37. The van der Waals surface area contributed by atoms with E-state index in [1.54, 1.807) is 32.0 Å². The number of Topliss-reactive ketones (excluding diaryl/α,β-unsaturated/α-hetero) is 1. The lowest BCUT2D eigenvalue weighted by Crippen LogP contribution is -2.39. The number of nitrogens with one attached hydrogen (secondary N) is 2. The Bertz CT molecular complexity index is 1460. The number of rotatable bonds is 10. The maximum Gasteiger partial charge on any atom is 0.332 e. The zero-order valence-corrected chi connectivity index (χ0v) is 27.0. The van der Waals surface area contributed by atoms with Crippen LogP contribution in [0, 0.1) is 5.41 Å². The molecule has 0 radical (unpaired) electrons. The van der Waals surface area contributed by atoms with Crippen molar-refractivity contribution in [3.63, 3.8) is 0 Å². The van der Waals surface area contributed by atoms with Crippen molar-refractivity contribution in [2.45, 2.75) is 64.7 Å². The first kappa shape index (κ1) is 32.8. The first-order chi connectivity index (χ1) is 20.7. The highest BCUT2D eigenvalue weighted by molar-refractivity contribution is 6.08. The minimum Gasteiger partial charge on any atom is -0.494 e. The third kappa shape index (κ3) is 6.67. The van der Waals surface area contributed by atoms with Gasteiger partial charge in [0.15, 0.2) is 11.9 Å². The predicted octanol–water partition coefficient (Wildman–Crippen LogP) is 3.90. The number of nitrogens with zero attached hydrogens (tertiary/aromatic N) is 3. The Morgan fingerprint density at radius 2 is 1.80 bits per heavy atom. The Hall–Kier alpha value is -4.12. The van der Waals surface area contributed by atoms with E-state index in [-0.39, 0.29) is 35.6 Å². The summed E-state index contributed by atoms with van der Waals surface area (Å²) in [6, 6.07) is 7.44. The summed E-state index contributed by atoms with van der Waals surface area (Å²) < 4.78 is 11.7. The summed E-state index contributed by atoms with van der Waals surface area (Å²) in [4.78, 5) is 43.5. The Labute approximate surface area is 259 Å². The second-order valence-electron chi connectivity index (χ2n) is 12.8. The summed E-state index contributed by atoms with van der Waals surface area (Å²) in [7, 11) is 6.96. The predicted molar refractivity (Wildman–Crippen MR) is 171 cm³/mol. The van der Waals surface area contributed by atoms with E-state index < -0.39 is 12.1 Å². The average Bonchev–Trinajstić information content (AvgIpc) is 3.28. The molecule has 238 valence electrons. The quantitative estimate of drug-likeness (QED) is 0.344. The number of carboxylic acid groups (broad SMARTS) is 1. The lowest BCUT2D eigenvalue weighted by Gasteiger charge is -2.36. The molecule has 0 bridgehead atoms. The third-order valence-corrected chi connectivity index (χ3v) is 8.37. The van der Waals surface area contributed by atoms with Gasteiger partial charge in [-0.1, -0.05) is 20.8 Å². The van der Waals surface area contributed by atoms with Crippen molar-refractivity contribution in [3.05, 3.63) is 52.1 Å². The van der Waals surface area contributed by atoms with E-state index in [0.717, 1.165) is 22.5 Å². The molecule has 1 unspecified atom stereocenters. The molecule has 1 amide bonds. The number of carbonyl (C=O) groups excluding carboxylic acids is 2. The molecule has 0 aliphatic carbocycles. The highest BCUT2D eigenvalue weighted by atomic mass is 16.5. The van der Waals surface area contributed by atoms with Crippen LogP contribution in [-0.2, 0) is 21.5 Å². The van der Waals surface area contributed by atoms with Crippen molar-refractivity contribution < 1.29 is 29.0 Å². The fourth-order valence-corrected chi connectivity index (χ4v) is 5.88. The van der Waals surface area contributed by atoms with Crippen LogP contribution in [0.25, 0.3) is 0 Å². The zero-order chi connectivity index (χ0) is 32.5. The molecule has 0 aromatic heterocycles. The largest absolute Gasteiger partial charge is 0.494 e. The Balaban J connectivity index is 1.61. The number of anilines is 2. The maximum absolute atomic E-state index is 13.9. The van der Waals surface area contributed by atoms with Crippen LogP contribution < -0.4 is 19.9 Å². The van der Waals surface area contributed by atoms with Crippen molar-refractivity contribution in [2.75, 3.05) is 57.7 Å². The van der Waals surface area contributed by atoms with Crippen LogP contribution >= 0.6 is 0 Å². The molecule has 4 rings (SSSR count). The second kappa shape index (κ2) is 12.9. The van der Waals surface area contributed by atoms with Gasteiger partial charge in [0.05, 0.1) is 31.0 Å². The van der Waals surface area contributed by atoms with Gasteiger partial charge < -0.3 is 34.6 Å². The van der Waals surface area contributed by atoms with Gasteiger partial charge in [0.25, 0.3) is 5.91 Å². The fourth-order valence-electron chi connectivity index (χ4n) is 5.88. The molecular formula is C33H45N5O6. The molecule has 0 saturated carbocycles. The molecule has 11 nitrogen and oxygen atoms in total. The lowest BCUT2D eigenvalue weighted by molar-refractivity contribution is -0.153. The molecule has 1 atom stereocenters. The fraction of sp³-hybridized carbons (Fsp3) is 0.515. The van der Waals surface area contributed by atoms with Crippen molar-refractivity contribution in [3.8, 4) is 5.75 Å². The number of aliphatic carboxylic acids is 1. The Morgan fingerprint density at radius 1 is 1.14 bits per heavy atom. The van der Waals surface area contributed by atoms with Gasteiger partial charge in [-0.3, -0.25) is 15.0 Å². The highest BCUT2D eigenvalue weighted by Crippen LogP contribution is 2.41. The number of amides is 1. The molecular weight excluding hydrogens is 562 g/mol. The van der Waals surface area contributed by atoms with Gasteiger partial charge in [-0.25, -0.2) is 4.79 Å². The molecule has 44 heavy (non-hydrogen) atoms. The summed E-state index contributed by atoms with van der Waals surface area (Å²) in [6.07, 6.45) is 0.282. The van der Waals surface area contributed by atoms with Crippen LogP contribution in [0.4, 0.5) is 11.4 Å². The molecule has 2 aromatic rings. The first-order valence-corrected chi connectivity index (χ1v) is 14.9. The van der Waals surface area contributed by atoms with Crippen LogP contribution in [0.5, 0.6) is 5.75 Å². The van der Waals surface area contributed by atoms with Crippen LogP contribution in [-0.4, -0.2) is 93.6 Å². The molecule has 3 N–H and O–H groups in total. The monoisotopic (exact) mass is 607 g/mol. The minimum atomic E-state index is -0.977. The molecule has 2 aliphatic rings. The van der Waals surface area contributed by atoms with Crippen LogP contribution in [0.3, 0.4) is 0 Å². The number of carboxylic acids is 1. The van der Waals surface area contributed by atoms with E-state index >= 15 is 0 Å². The molecule has 2 aliphatic heterocycles. The van der Waals surface area contributed by atoms with Crippen LogP contribution in [0.2, 0.25) is 0 Å². The molecule has 11 heteroatoms. The number of ether oxygens (including phenoxy) is 2. The number of methoxy groups -OCH3 is 1. The van der Waals surface area contributed by atoms with Crippen LogP contribution in [0.15, 0.2) is 24.3 Å². The Kier molecular flexibility index (Phi) is 9.58. The normalized spacial score (nSPS) is 16.0. The average molecular weight is 608 g/mol. The number of benzene rings is 2. The first-order valence-electron chi connectivity index (χ1n) is 14.9. The minimum absolute atomic E-state index is 0.0124. The summed E-state index contributed by atoms with van der Waals surface area (Å²) in [5, 5.41) is 20.8. The number of ketones is 1. The second-order valence-corrected chi connectivity index (χ2v) is 12.8. The van der Waals surface area contributed by atoms with Gasteiger partial charge in [0.1, 0.15) is 11.6 Å². The summed E-state index contributed by atoms with van der Waals surface area (Å²) >= 11 is 0. The van der Waals surface area contributed by atoms with E-state index in [9.17, 15) is 19.5 Å². The molecule has 1 saturated heterocycles. The number of hydrogen-bond donors (Lipinski definition) is 3. The summed E-state index contributed by atoms with van der Waals surface area (Å²) in [5.74, 6) is -0.400. The van der Waals surface area contributed by atoms with E-state index in [2.05, 4.69) is 31.0 Å². The topological polar surface area (TPSA) is 136 Å². The van der Waals surface area contributed by atoms with Gasteiger partial charge in [-0.05, 0) is 55.0 Å². The summed E-state index contributed by atoms with van der Waals surface area (Å²) in [5.41, 5.74) is 4.72. The van der Waals surface area contributed by atoms with Crippen LogP contribution in [0.1, 0.15) is 77.9 Å². The van der Waals surface area contributed by atoms with Gasteiger partial charge in [-0.2, -0.15) is 0 Å². The van der Waals surface area contributed by atoms with E-state index in [4.69, 9.17) is 14.9 Å². The molecule has 1 fully saturated rings. The van der Waals surface area contributed by atoms with Gasteiger partial charge in [0.2, 0.25) is 0 Å². The maximum atomic E-state index is 13.9. The van der Waals surface area contributed by atoms with E-state index in [0.29, 0.717) is 54.9 Å². The SMILES string of the molecule is CNC(=O)c1cc2c(cc1N(C)C)CN(CC(=O)c1cc(N3CCC(OC(C)C(=O)O)CC3)c(OC)c(C(C)(C)C)c1)C2=N. The number of hydrogen-bond acceptors (Lipinski definition) is 8. The van der Waals surface area contributed by atoms with E-state index in [1.807, 2.05) is 37.2 Å². The molecule has 2 heterocycles. The van der Waals surface area contributed by atoms with Gasteiger partial charge in [0, 0.05) is 63.2 Å². The van der Waals surface area contributed by atoms with Crippen molar-refractivity contribution in [1.29, 1.82) is 5.41 Å². The highest BCUT2D eigenvalue weighted by Gasteiger charge is 2.32. The smallest absolute Gasteiger partial charge is 0.332 e. The standard InChI is InChI=1S/C33H45N5O6/c1-19(32(41)42)44-22-9-11-37(12-10-22)27-14-20(13-25(29(27)43-8)33(2,3)4)28(39)18-38-17-21-15-26(36(6)7)24(31(40)35-5)16-23(21)30(38)34/h13-16,19,22,34H,9-12,17-18H2,1-8H3,(H,35,40)(H,41,42). The number of amidine groups is 1. The number of fused-ring (bicyclic) bond motifs is 1. The van der Waals surface area contributed by atoms with Crippen molar-refractivity contribution in [2.24, 2.45) is 0 Å². The lowest BCUT2D eigenvalue weighted by atomic mass is 9.84. The number of piperidine rings is 1. The van der Waals surface area contributed by atoms with E-state index in [1.165, 1.54) is 0 Å². The zero-order valence-electron chi connectivity index (χ0n) is 27.0.